The molecule has 0 saturated carbocycles. The second-order valence-corrected chi connectivity index (χ2v) is 6.06. The summed E-state index contributed by atoms with van der Waals surface area (Å²) >= 11 is 0. The smallest absolute Gasteiger partial charge is 0.246 e. The van der Waals surface area contributed by atoms with E-state index >= 15 is 0 Å². The van der Waals surface area contributed by atoms with Crippen LogP contribution in [0.25, 0.3) is 17.2 Å². The van der Waals surface area contributed by atoms with E-state index < -0.39 is 11.6 Å². The Morgan fingerprint density at radius 2 is 1.96 bits per heavy atom. The Bertz CT molecular complexity index is 911. The molecule has 2 aromatic rings. The van der Waals surface area contributed by atoms with Crippen LogP contribution >= 0.6 is 0 Å². The number of halogens is 2. The van der Waals surface area contributed by atoms with Crippen LogP contribution in [0.5, 0.6) is 0 Å². The summed E-state index contributed by atoms with van der Waals surface area (Å²) in [5.74, 6) is -2.05. The van der Waals surface area contributed by atoms with Crippen molar-refractivity contribution in [3.8, 4) is 17.2 Å². The topological polar surface area (TPSA) is 52.9 Å². The van der Waals surface area contributed by atoms with E-state index in [9.17, 15) is 18.8 Å². The summed E-state index contributed by atoms with van der Waals surface area (Å²) in [6.07, 6.45) is 2.53. The third kappa shape index (κ3) is 4.34. The summed E-state index contributed by atoms with van der Waals surface area (Å²) in [6, 6.07) is 9.01. The number of amides is 1. The van der Waals surface area contributed by atoms with E-state index in [0.717, 1.165) is 24.1 Å². The van der Waals surface area contributed by atoms with Gasteiger partial charge in [0.2, 0.25) is 5.91 Å². The van der Waals surface area contributed by atoms with Crippen molar-refractivity contribution < 1.29 is 13.6 Å². The highest BCUT2D eigenvalue weighted by molar-refractivity contribution is 5.97. The number of hydrogen-bond acceptors (Lipinski definition) is 2. The maximum Gasteiger partial charge on any atom is 0.246 e. The van der Waals surface area contributed by atoms with E-state index in [1.165, 1.54) is 6.07 Å². The highest BCUT2D eigenvalue weighted by Crippen LogP contribution is 2.29. The van der Waals surface area contributed by atoms with Crippen LogP contribution in [-0.4, -0.2) is 12.5 Å². The van der Waals surface area contributed by atoms with Crippen molar-refractivity contribution in [2.45, 2.75) is 27.2 Å². The van der Waals surface area contributed by atoms with Crippen molar-refractivity contribution in [2.75, 3.05) is 6.54 Å². The third-order valence-electron chi connectivity index (χ3n) is 4.07. The van der Waals surface area contributed by atoms with Gasteiger partial charge in [0.1, 0.15) is 0 Å². The largest absolute Gasteiger partial charge is 0.352 e. The Morgan fingerprint density at radius 1 is 1.23 bits per heavy atom. The molecule has 2 aromatic carbocycles. The molecular weight excluding hydrogens is 334 g/mol. The summed E-state index contributed by atoms with van der Waals surface area (Å²) in [4.78, 5) is 12.1. The summed E-state index contributed by atoms with van der Waals surface area (Å²) in [7, 11) is 0. The Hall–Kier alpha value is -3.00. The number of nitrogens with zero attached hydrogens (tertiary/aromatic N) is 1. The minimum Gasteiger partial charge on any atom is -0.352 e. The van der Waals surface area contributed by atoms with Crippen LogP contribution in [0.4, 0.5) is 8.78 Å². The van der Waals surface area contributed by atoms with Gasteiger partial charge in [0.25, 0.3) is 0 Å². The van der Waals surface area contributed by atoms with Gasteiger partial charge in [0, 0.05) is 12.1 Å². The molecule has 0 saturated heterocycles. The van der Waals surface area contributed by atoms with Crippen molar-refractivity contribution >= 4 is 12.0 Å². The lowest BCUT2D eigenvalue weighted by atomic mass is 9.93. The van der Waals surface area contributed by atoms with E-state index in [0.29, 0.717) is 34.4 Å². The first-order chi connectivity index (χ1) is 12.4. The van der Waals surface area contributed by atoms with Gasteiger partial charge < -0.3 is 5.32 Å². The molecule has 0 aliphatic carbocycles. The van der Waals surface area contributed by atoms with Crippen molar-refractivity contribution in [1.29, 1.82) is 5.26 Å². The molecule has 0 atom stereocenters. The minimum absolute atomic E-state index is 0.178. The van der Waals surface area contributed by atoms with Gasteiger partial charge in [-0.3, -0.25) is 4.79 Å². The van der Waals surface area contributed by atoms with Gasteiger partial charge in [-0.25, -0.2) is 8.78 Å². The van der Waals surface area contributed by atoms with E-state index in [4.69, 9.17) is 0 Å². The zero-order valence-electron chi connectivity index (χ0n) is 15.0. The molecule has 5 heteroatoms. The lowest BCUT2D eigenvalue weighted by Crippen LogP contribution is -2.24. The van der Waals surface area contributed by atoms with Crippen LogP contribution in [0.2, 0.25) is 0 Å². The van der Waals surface area contributed by atoms with Gasteiger partial charge in [-0.2, -0.15) is 5.26 Å². The van der Waals surface area contributed by atoms with Crippen molar-refractivity contribution in [2.24, 2.45) is 0 Å². The molecule has 0 aliphatic heterocycles. The number of nitriles is 1. The van der Waals surface area contributed by atoms with Crippen LogP contribution in [0.15, 0.2) is 35.9 Å². The zero-order valence-corrected chi connectivity index (χ0v) is 15.0. The molecule has 134 valence electrons. The van der Waals surface area contributed by atoms with Gasteiger partial charge in [-0.05, 0) is 72.9 Å². The lowest BCUT2D eigenvalue weighted by molar-refractivity contribution is -0.117. The van der Waals surface area contributed by atoms with E-state index in [-0.39, 0.29) is 5.91 Å². The Balaban J connectivity index is 2.53. The first-order valence-electron chi connectivity index (χ1n) is 8.34. The second kappa shape index (κ2) is 8.39. The van der Waals surface area contributed by atoms with E-state index in [1.54, 1.807) is 25.1 Å². The van der Waals surface area contributed by atoms with Crippen molar-refractivity contribution in [3.05, 3.63) is 64.2 Å². The van der Waals surface area contributed by atoms with Crippen LogP contribution in [0.3, 0.4) is 0 Å². The molecule has 0 unspecified atom stereocenters. The van der Waals surface area contributed by atoms with Gasteiger partial charge in [0.15, 0.2) is 11.6 Å². The molecule has 1 N–H and O–H groups in total. The molecule has 1 amide bonds. The maximum absolute atomic E-state index is 13.6. The Labute approximate surface area is 152 Å². The molecule has 0 bridgehead atoms. The standard InChI is InChI=1S/C21H20F2N2O/c1-4-7-25-21(26)13(2)8-17-9-15(12-24)10-18(14(17)3)16-5-6-19(22)20(23)11-16/h5-6,8-11H,4,7H2,1-3H3,(H,25,26)/b13-8+. The van der Waals surface area contributed by atoms with Crippen molar-refractivity contribution in [1.82, 2.24) is 5.32 Å². The first-order valence-corrected chi connectivity index (χ1v) is 8.34. The number of carbonyl (C=O) groups is 1. The second-order valence-electron chi connectivity index (χ2n) is 6.06. The molecule has 26 heavy (non-hydrogen) atoms. The van der Waals surface area contributed by atoms with Gasteiger partial charge in [0.05, 0.1) is 11.6 Å². The number of carbonyl (C=O) groups excluding carboxylic acids is 1. The predicted molar refractivity (Wildman–Crippen MR) is 98.2 cm³/mol. The summed E-state index contributed by atoms with van der Waals surface area (Å²) in [6.45, 7) is 6.07. The summed E-state index contributed by atoms with van der Waals surface area (Å²) in [5.41, 5.74) is 3.44. The van der Waals surface area contributed by atoms with Crippen LogP contribution in [0, 0.1) is 29.9 Å². The molecule has 3 nitrogen and oxygen atoms in total. The molecule has 0 spiro atoms. The molecule has 0 heterocycles. The normalized spacial score (nSPS) is 11.2. The van der Waals surface area contributed by atoms with Crippen LogP contribution in [0.1, 0.15) is 37.0 Å². The molecule has 0 fully saturated rings. The van der Waals surface area contributed by atoms with Gasteiger partial charge in [-0.15, -0.1) is 0 Å². The summed E-state index contributed by atoms with van der Waals surface area (Å²) < 4.78 is 26.8. The fourth-order valence-electron chi connectivity index (χ4n) is 2.59. The van der Waals surface area contributed by atoms with E-state index in [1.807, 2.05) is 13.8 Å². The summed E-state index contributed by atoms with van der Waals surface area (Å²) in [5, 5.41) is 12.1. The van der Waals surface area contributed by atoms with Crippen LogP contribution in [-0.2, 0) is 4.79 Å². The number of nitrogens with one attached hydrogen (secondary N) is 1. The van der Waals surface area contributed by atoms with E-state index in [2.05, 4.69) is 11.4 Å². The van der Waals surface area contributed by atoms with Gasteiger partial charge in [-0.1, -0.05) is 13.0 Å². The van der Waals surface area contributed by atoms with Crippen LogP contribution < -0.4 is 5.32 Å². The number of rotatable bonds is 5. The highest BCUT2D eigenvalue weighted by Gasteiger charge is 2.12. The Kier molecular flexibility index (Phi) is 6.24. The highest BCUT2D eigenvalue weighted by atomic mass is 19.2. The fraction of sp³-hybridized carbons (Fsp3) is 0.238. The molecule has 0 radical (unpaired) electrons. The maximum atomic E-state index is 13.6. The number of benzene rings is 2. The molecular formula is C21H20F2N2O. The first kappa shape index (κ1) is 19.3. The minimum atomic E-state index is -0.948. The molecule has 2 rings (SSSR count). The third-order valence-corrected chi connectivity index (χ3v) is 4.07. The molecule has 0 aliphatic rings. The monoisotopic (exact) mass is 354 g/mol. The quantitative estimate of drug-likeness (QED) is 0.789. The average molecular weight is 354 g/mol. The zero-order chi connectivity index (χ0) is 19.3. The molecule has 0 aromatic heterocycles. The van der Waals surface area contributed by atoms with Gasteiger partial charge >= 0.3 is 0 Å². The Morgan fingerprint density at radius 3 is 2.58 bits per heavy atom. The fourth-order valence-corrected chi connectivity index (χ4v) is 2.59. The van der Waals surface area contributed by atoms with Crippen molar-refractivity contribution in [3.63, 3.8) is 0 Å². The number of hydrogen-bond donors (Lipinski definition) is 1. The lowest BCUT2D eigenvalue weighted by Gasteiger charge is -2.12. The predicted octanol–water partition coefficient (Wildman–Crippen LogP) is 4.74. The average Bonchev–Trinajstić information content (AvgIpc) is 2.63. The SMILES string of the molecule is CCCNC(=O)/C(C)=C/c1cc(C#N)cc(-c2ccc(F)c(F)c2)c1C.